The highest BCUT2D eigenvalue weighted by Gasteiger charge is 2.06. The van der Waals surface area contributed by atoms with Gasteiger partial charge >= 0.3 is 0 Å². The zero-order valence-electron chi connectivity index (χ0n) is 9.15. The normalized spacial score (nSPS) is 9.82. The number of hydrogen-bond acceptors (Lipinski definition) is 1. The smallest absolute Gasteiger partial charge is 0.00868 e. The lowest BCUT2D eigenvalue weighted by atomic mass is 10.1. The largest absolute Gasteiger partial charge is 0.304 e. The maximum absolute atomic E-state index is 2.40. The fourth-order valence-electron chi connectivity index (χ4n) is 1.17. The van der Waals surface area contributed by atoms with Gasteiger partial charge in [0.25, 0.3) is 0 Å². The molecule has 0 unspecified atom stereocenters. The van der Waals surface area contributed by atoms with Gasteiger partial charge in [-0.15, -0.1) is 0 Å². The van der Waals surface area contributed by atoms with Crippen molar-refractivity contribution in [1.82, 2.24) is 4.90 Å². The Balaban J connectivity index is 0. The van der Waals surface area contributed by atoms with E-state index < -0.39 is 0 Å². The standard InChI is InChI=1S/C8H19N.C2H6/c1-5-8(6-2)9(4)7-3;1-2/h8H,5-7H2,1-4H3;1-2H3. The molecule has 11 heavy (non-hydrogen) atoms. The molecule has 0 amide bonds. The van der Waals surface area contributed by atoms with Crippen LogP contribution in [0, 0.1) is 0 Å². The molecule has 0 bridgehead atoms. The van der Waals surface area contributed by atoms with Crippen molar-refractivity contribution in [3.63, 3.8) is 0 Å². The maximum Gasteiger partial charge on any atom is 0.00868 e. The molecule has 0 atom stereocenters. The minimum absolute atomic E-state index is 0.801. The minimum atomic E-state index is 0.801. The Labute approximate surface area is 72.8 Å². The van der Waals surface area contributed by atoms with E-state index in [4.69, 9.17) is 0 Å². The van der Waals surface area contributed by atoms with Crippen LogP contribution in [-0.4, -0.2) is 24.5 Å². The van der Waals surface area contributed by atoms with Crippen LogP contribution in [0.25, 0.3) is 0 Å². The molecule has 0 N–H and O–H groups in total. The van der Waals surface area contributed by atoms with Gasteiger partial charge in [0.05, 0.1) is 0 Å². The summed E-state index contributed by atoms with van der Waals surface area (Å²) in [5, 5.41) is 0. The Bertz CT molecular complexity index is 57.9. The molecule has 70 valence electrons. The van der Waals surface area contributed by atoms with Crippen molar-refractivity contribution in [2.75, 3.05) is 13.6 Å². The molecule has 0 aliphatic rings. The first kappa shape index (κ1) is 13.5. The summed E-state index contributed by atoms with van der Waals surface area (Å²) in [6, 6.07) is 0.801. The van der Waals surface area contributed by atoms with Crippen LogP contribution in [0.15, 0.2) is 0 Å². The Kier molecular flexibility index (Phi) is 12.3. The molecule has 0 rings (SSSR count). The van der Waals surface area contributed by atoms with E-state index >= 15 is 0 Å². The predicted molar refractivity (Wildman–Crippen MR) is 54.0 cm³/mol. The second-order valence-electron chi connectivity index (χ2n) is 2.54. The van der Waals surface area contributed by atoms with Gasteiger partial charge in [-0.3, -0.25) is 0 Å². The third-order valence-corrected chi connectivity index (χ3v) is 2.06. The molecule has 0 saturated heterocycles. The van der Waals surface area contributed by atoms with E-state index in [1.54, 1.807) is 0 Å². The van der Waals surface area contributed by atoms with Crippen molar-refractivity contribution in [2.45, 2.75) is 53.5 Å². The summed E-state index contributed by atoms with van der Waals surface area (Å²) in [6.07, 6.45) is 2.56. The maximum atomic E-state index is 2.40. The zero-order chi connectivity index (χ0) is 9.28. The third kappa shape index (κ3) is 6.36. The molecular formula is C10H25N. The van der Waals surface area contributed by atoms with Gasteiger partial charge in [0.1, 0.15) is 0 Å². The van der Waals surface area contributed by atoms with Crippen molar-refractivity contribution in [3.8, 4) is 0 Å². The van der Waals surface area contributed by atoms with E-state index in [1.165, 1.54) is 19.4 Å². The molecule has 0 aromatic rings. The van der Waals surface area contributed by atoms with Gasteiger partial charge in [-0.2, -0.15) is 0 Å². The molecule has 1 heteroatoms. The molecule has 0 spiro atoms. The van der Waals surface area contributed by atoms with Crippen LogP contribution in [0.1, 0.15) is 47.5 Å². The Morgan fingerprint density at radius 1 is 1.00 bits per heavy atom. The number of rotatable bonds is 4. The average molecular weight is 159 g/mol. The topological polar surface area (TPSA) is 3.24 Å². The van der Waals surface area contributed by atoms with E-state index in [9.17, 15) is 0 Å². The number of nitrogens with zero attached hydrogens (tertiary/aromatic N) is 1. The molecule has 0 aliphatic carbocycles. The molecule has 0 heterocycles. The summed E-state index contributed by atoms with van der Waals surface area (Å²) < 4.78 is 0. The van der Waals surface area contributed by atoms with Crippen LogP contribution in [0.5, 0.6) is 0 Å². The van der Waals surface area contributed by atoms with Crippen LogP contribution in [-0.2, 0) is 0 Å². The lowest BCUT2D eigenvalue weighted by Crippen LogP contribution is -2.29. The van der Waals surface area contributed by atoms with Gasteiger partial charge in [-0.25, -0.2) is 0 Å². The van der Waals surface area contributed by atoms with Crippen LogP contribution >= 0.6 is 0 Å². The lowest BCUT2D eigenvalue weighted by molar-refractivity contribution is 0.241. The Morgan fingerprint density at radius 2 is 1.36 bits per heavy atom. The summed E-state index contributed by atoms with van der Waals surface area (Å²) >= 11 is 0. The first-order valence-corrected chi connectivity index (χ1v) is 4.96. The van der Waals surface area contributed by atoms with Crippen LogP contribution in [0.3, 0.4) is 0 Å². The quantitative estimate of drug-likeness (QED) is 0.609. The molecule has 0 aliphatic heterocycles. The number of hydrogen-bond donors (Lipinski definition) is 0. The minimum Gasteiger partial charge on any atom is -0.304 e. The van der Waals surface area contributed by atoms with Crippen LogP contribution in [0.4, 0.5) is 0 Å². The van der Waals surface area contributed by atoms with Gasteiger partial charge in [0, 0.05) is 6.04 Å². The molecular weight excluding hydrogens is 134 g/mol. The van der Waals surface area contributed by atoms with Gasteiger partial charge in [0.2, 0.25) is 0 Å². The summed E-state index contributed by atoms with van der Waals surface area (Å²) in [5.74, 6) is 0. The van der Waals surface area contributed by atoms with E-state index in [-0.39, 0.29) is 0 Å². The van der Waals surface area contributed by atoms with E-state index in [1.807, 2.05) is 13.8 Å². The lowest BCUT2D eigenvalue weighted by Gasteiger charge is -2.23. The van der Waals surface area contributed by atoms with Gasteiger partial charge in [0.15, 0.2) is 0 Å². The highest BCUT2D eigenvalue weighted by Crippen LogP contribution is 2.03. The second-order valence-corrected chi connectivity index (χ2v) is 2.54. The highest BCUT2D eigenvalue weighted by molar-refractivity contribution is 4.62. The SMILES string of the molecule is CC.CCC(CC)N(C)CC. The van der Waals surface area contributed by atoms with Crippen molar-refractivity contribution >= 4 is 0 Å². The monoisotopic (exact) mass is 159 g/mol. The van der Waals surface area contributed by atoms with Gasteiger partial charge in [-0.05, 0) is 26.4 Å². The molecule has 0 saturated carbocycles. The van der Waals surface area contributed by atoms with Crippen LogP contribution < -0.4 is 0 Å². The van der Waals surface area contributed by atoms with E-state index in [0.29, 0.717) is 0 Å². The fourth-order valence-corrected chi connectivity index (χ4v) is 1.17. The summed E-state index contributed by atoms with van der Waals surface area (Å²) in [4.78, 5) is 2.40. The van der Waals surface area contributed by atoms with E-state index in [2.05, 4.69) is 32.7 Å². The third-order valence-electron chi connectivity index (χ3n) is 2.06. The second kappa shape index (κ2) is 9.96. The molecule has 0 aromatic heterocycles. The predicted octanol–water partition coefficient (Wildman–Crippen LogP) is 3.15. The summed E-state index contributed by atoms with van der Waals surface area (Å²) in [6.45, 7) is 11.9. The molecule has 0 aromatic carbocycles. The van der Waals surface area contributed by atoms with Crippen molar-refractivity contribution in [3.05, 3.63) is 0 Å². The zero-order valence-corrected chi connectivity index (χ0v) is 9.15. The first-order chi connectivity index (χ1) is 5.26. The highest BCUT2D eigenvalue weighted by atomic mass is 15.1. The Hall–Kier alpha value is -0.0400. The first-order valence-electron chi connectivity index (χ1n) is 4.96. The van der Waals surface area contributed by atoms with Gasteiger partial charge < -0.3 is 4.90 Å². The summed E-state index contributed by atoms with van der Waals surface area (Å²) in [7, 11) is 2.19. The molecule has 0 fully saturated rings. The molecule has 1 nitrogen and oxygen atoms in total. The van der Waals surface area contributed by atoms with Crippen molar-refractivity contribution in [1.29, 1.82) is 0 Å². The fraction of sp³-hybridized carbons (Fsp3) is 1.00. The average Bonchev–Trinajstić information content (AvgIpc) is 2.10. The summed E-state index contributed by atoms with van der Waals surface area (Å²) in [5.41, 5.74) is 0. The Morgan fingerprint density at radius 3 is 1.45 bits per heavy atom. The molecule has 0 radical (unpaired) electrons. The van der Waals surface area contributed by atoms with Crippen molar-refractivity contribution < 1.29 is 0 Å². The van der Waals surface area contributed by atoms with Crippen LogP contribution in [0.2, 0.25) is 0 Å². The van der Waals surface area contributed by atoms with E-state index in [0.717, 1.165) is 6.04 Å². The van der Waals surface area contributed by atoms with Gasteiger partial charge in [-0.1, -0.05) is 34.6 Å². The van der Waals surface area contributed by atoms with Crippen molar-refractivity contribution in [2.24, 2.45) is 0 Å².